The lowest BCUT2D eigenvalue weighted by atomic mass is 10.2. The molecule has 2 aromatic carbocycles. The van der Waals surface area contributed by atoms with Gasteiger partial charge < -0.3 is 30.0 Å². The number of carbonyl (C=O) groups excluding carboxylic acids is 2. The van der Waals surface area contributed by atoms with Gasteiger partial charge in [0.1, 0.15) is 16.7 Å². The smallest absolute Gasteiger partial charge is 0.238 e. The molecule has 0 saturated carbocycles. The van der Waals surface area contributed by atoms with Crippen molar-refractivity contribution >= 4 is 40.6 Å². The quantitative estimate of drug-likeness (QED) is 0.398. The van der Waals surface area contributed by atoms with Gasteiger partial charge in [0.15, 0.2) is 16.7 Å². The van der Waals surface area contributed by atoms with E-state index in [0.29, 0.717) is 35.1 Å². The second-order valence-corrected chi connectivity index (χ2v) is 7.92. The van der Waals surface area contributed by atoms with Gasteiger partial charge in [-0.15, -0.1) is 5.10 Å². The number of rotatable bonds is 8. The fourth-order valence-corrected chi connectivity index (χ4v) is 3.82. The number of methoxy groups -OCH3 is 2. The van der Waals surface area contributed by atoms with Crippen LogP contribution in [-0.4, -0.2) is 54.4 Å². The van der Waals surface area contributed by atoms with E-state index in [4.69, 9.17) is 14.2 Å². The second-order valence-electron chi connectivity index (χ2n) is 6.72. The van der Waals surface area contributed by atoms with Crippen molar-refractivity contribution in [3.8, 4) is 23.0 Å². The number of nitrogens with one attached hydrogen (secondary N) is 2. The van der Waals surface area contributed by atoms with E-state index < -0.39 is 5.25 Å². The number of hydrogen-bond donors (Lipinski definition) is 3. The molecule has 10 nitrogen and oxygen atoms in total. The number of carbonyl (C=O) groups is 2. The number of hydrogen-bond acceptors (Lipinski definition) is 9. The van der Waals surface area contributed by atoms with Crippen LogP contribution in [0.25, 0.3) is 0 Å². The third-order valence-corrected chi connectivity index (χ3v) is 5.54. The Morgan fingerprint density at radius 1 is 1.24 bits per heavy atom. The Kier molecular flexibility index (Phi) is 8.14. The molecule has 1 aliphatic rings. The standard InChI is InChI=1S/C22H24N4O6S/c1-4-32-18-9-13(5-8-16(18)27)12-23-26-22-25-20(28)11-19(33-22)21(29)24-15-7-6-14(30-2)10-17(15)31-3/h5-10,12,19,27H,4,11H2,1-3H3,(H,24,29)(H,25,26,28)/b23-12-/t19-/m0/s1. The van der Waals surface area contributed by atoms with E-state index in [1.165, 1.54) is 26.5 Å². The van der Waals surface area contributed by atoms with E-state index in [-0.39, 0.29) is 29.2 Å². The van der Waals surface area contributed by atoms with Crippen molar-refractivity contribution < 1.29 is 28.9 Å². The van der Waals surface area contributed by atoms with Crippen molar-refractivity contribution in [1.82, 2.24) is 5.32 Å². The molecule has 1 atom stereocenters. The number of benzene rings is 2. The summed E-state index contributed by atoms with van der Waals surface area (Å²) in [6.45, 7) is 2.22. The topological polar surface area (TPSA) is 131 Å². The lowest BCUT2D eigenvalue weighted by Gasteiger charge is -2.22. The molecule has 1 fully saturated rings. The van der Waals surface area contributed by atoms with E-state index in [9.17, 15) is 14.7 Å². The minimum absolute atomic E-state index is 0.00656. The van der Waals surface area contributed by atoms with Gasteiger partial charge in [-0.25, -0.2) is 0 Å². The Morgan fingerprint density at radius 3 is 2.79 bits per heavy atom. The van der Waals surface area contributed by atoms with Crippen LogP contribution in [0.5, 0.6) is 23.0 Å². The molecule has 1 heterocycles. The van der Waals surface area contributed by atoms with Crippen LogP contribution in [0.2, 0.25) is 0 Å². The highest BCUT2D eigenvalue weighted by Crippen LogP contribution is 2.31. The maximum atomic E-state index is 12.8. The van der Waals surface area contributed by atoms with Crippen LogP contribution >= 0.6 is 11.8 Å². The summed E-state index contributed by atoms with van der Waals surface area (Å²) < 4.78 is 15.8. The summed E-state index contributed by atoms with van der Waals surface area (Å²) in [4.78, 5) is 24.9. The number of thioether (sulfide) groups is 1. The highest BCUT2D eigenvalue weighted by Gasteiger charge is 2.30. The first-order valence-corrected chi connectivity index (χ1v) is 10.9. The van der Waals surface area contributed by atoms with Gasteiger partial charge in [-0.2, -0.15) is 5.10 Å². The van der Waals surface area contributed by atoms with Crippen LogP contribution in [0.15, 0.2) is 46.6 Å². The fourth-order valence-electron chi connectivity index (χ4n) is 2.88. The van der Waals surface area contributed by atoms with Gasteiger partial charge in [0.05, 0.1) is 32.7 Å². The maximum Gasteiger partial charge on any atom is 0.238 e. The number of ether oxygens (including phenoxy) is 3. The average molecular weight is 473 g/mol. The van der Waals surface area contributed by atoms with Crippen LogP contribution in [0, 0.1) is 0 Å². The van der Waals surface area contributed by atoms with E-state index in [1.807, 2.05) is 6.92 Å². The zero-order valence-corrected chi connectivity index (χ0v) is 19.1. The van der Waals surface area contributed by atoms with Crippen molar-refractivity contribution in [2.45, 2.75) is 18.6 Å². The van der Waals surface area contributed by atoms with Crippen LogP contribution in [0.4, 0.5) is 5.69 Å². The van der Waals surface area contributed by atoms with Crippen molar-refractivity contribution in [2.75, 3.05) is 26.1 Å². The average Bonchev–Trinajstić information content (AvgIpc) is 2.81. The molecule has 2 aromatic rings. The summed E-state index contributed by atoms with van der Waals surface area (Å²) in [5.41, 5.74) is 1.11. The number of anilines is 1. The Morgan fingerprint density at radius 2 is 2.06 bits per heavy atom. The number of amidine groups is 1. The van der Waals surface area contributed by atoms with Gasteiger partial charge in [0.2, 0.25) is 11.8 Å². The molecule has 3 rings (SSSR count). The predicted octanol–water partition coefficient (Wildman–Crippen LogP) is 2.76. The van der Waals surface area contributed by atoms with Crippen LogP contribution in [0.1, 0.15) is 18.9 Å². The SMILES string of the molecule is CCOc1cc(/C=N\N=C2NC(=O)C[C@@H](C(=O)Nc3ccc(OC)cc3OC)S2)ccc1O. The third kappa shape index (κ3) is 6.39. The van der Waals surface area contributed by atoms with Gasteiger partial charge in [0.25, 0.3) is 0 Å². The number of nitrogens with zero attached hydrogens (tertiary/aromatic N) is 2. The Balaban J connectivity index is 1.69. The number of phenolic OH excluding ortho intramolecular Hbond substituents is 1. The molecule has 0 spiro atoms. The van der Waals surface area contributed by atoms with E-state index in [1.54, 1.807) is 30.3 Å². The summed E-state index contributed by atoms with van der Waals surface area (Å²) in [6, 6.07) is 9.76. The minimum Gasteiger partial charge on any atom is -0.504 e. The molecule has 0 radical (unpaired) electrons. The van der Waals surface area contributed by atoms with Gasteiger partial charge in [-0.1, -0.05) is 11.8 Å². The Labute approximate surface area is 195 Å². The van der Waals surface area contributed by atoms with E-state index in [2.05, 4.69) is 20.8 Å². The summed E-state index contributed by atoms with van der Waals surface area (Å²) >= 11 is 1.09. The fraction of sp³-hybridized carbons (Fsp3) is 0.273. The van der Waals surface area contributed by atoms with Crippen molar-refractivity contribution in [1.29, 1.82) is 0 Å². The minimum atomic E-state index is -0.697. The van der Waals surface area contributed by atoms with Gasteiger partial charge in [-0.05, 0) is 42.8 Å². The molecule has 1 saturated heterocycles. The molecule has 0 aromatic heterocycles. The van der Waals surface area contributed by atoms with Crippen LogP contribution in [0.3, 0.4) is 0 Å². The third-order valence-electron chi connectivity index (χ3n) is 4.47. The number of aromatic hydroxyl groups is 1. The molecule has 2 amide bonds. The molecule has 0 aliphatic carbocycles. The number of amides is 2. The molecular formula is C22H24N4O6S. The monoisotopic (exact) mass is 472 g/mol. The summed E-state index contributed by atoms with van der Waals surface area (Å²) in [7, 11) is 3.02. The first kappa shape index (κ1) is 23.9. The van der Waals surface area contributed by atoms with Gasteiger partial charge in [-0.3, -0.25) is 9.59 Å². The summed E-state index contributed by atoms with van der Waals surface area (Å²) in [5, 5.41) is 22.7. The molecule has 1 aliphatic heterocycles. The Hall–Kier alpha value is -3.73. The zero-order chi connectivity index (χ0) is 23.8. The zero-order valence-electron chi connectivity index (χ0n) is 18.3. The maximum absolute atomic E-state index is 12.8. The second kappa shape index (κ2) is 11.2. The molecule has 174 valence electrons. The first-order valence-electron chi connectivity index (χ1n) is 9.99. The van der Waals surface area contributed by atoms with Crippen molar-refractivity contribution in [2.24, 2.45) is 10.2 Å². The highest BCUT2D eigenvalue weighted by molar-refractivity contribution is 8.15. The molecule has 3 N–H and O–H groups in total. The lowest BCUT2D eigenvalue weighted by Crippen LogP contribution is -2.41. The molecule has 0 bridgehead atoms. The molecule has 33 heavy (non-hydrogen) atoms. The Bertz CT molecular complexity index is 1090. The van der Waals surface area contributed by atoms with E-state index in [0.717, 1.165) is 11.8 Å². The molecule has 11 heteroatoms. The van der Waals surface area contributed by atoms with Gasteiger partial charge >= 0.3 is 0 Å². The molecular weight excluding hydrogens is 448 g/mol. The first-order chi connectivity index (χ1) is 15.9. The van der Waals surface area contributed by atoms with Crippen LogP contribution < -0.4 is 24.8 Å². The largest absolute Gasteiger partial charge is 0.504 e. The van der Waals surface area contributed by atoms with E-state index >= 15 is 0 Å². The van der Waals surface area contributed by atoms with Crippen LogP contribution in [-0.2, 0) is 9.59 Å². The summed E-state index contributed by atoms with van der Waals surface area (Å²) in [5.74, 6) is 0.679. The summed E-state index contributed by atoms with van der Waals surface area (Å²) in [6.07, 6.45) is 1.45. The number of phenols is 1. The normalized spacial score (nSPS) is 17.0. The van der Waals surface area contributed by atoms with Gasteiger partial charge in [0, 0.05) is 12.5 Å². The highest BCUT2D eigenvalue weighted by atomic mass is 32.2. The molecule has 0 unspecified atom stereocenters. The van der Waals surface area contributed by atoms with Crippen molar-refractivity contribution in [3.05, 3.63) is 42.0 Å². The lowest BCUT2D eigenvalue weighted by molar-refractivity contribution is -0.123. The van der Waals surface area contributed by atoms with Crippen molar-refractivity contribution in [3.63, 3.8) is 0 Å². The predicted molar refractivity (Wildman–Crippen MR) is 127 cm³/mol.